The zero-order valence-electron chi connectivity index (χ0n) is 26.1. The van der Waals surface area contributed by atoms with Crippen LogP contribution in [0.25, 0.3) is 0 Å². The first-order valence-electron chi connectivity index (χ1n) is 15.1. The molecule has 1 aromatic heterocycles. The van der Waals surface area contributed by atoms with Crippen LogP contribution in [0.2, 0.25) is 18.1 Å². The number of aromatic nitrogens is 1. The van der Waals surface area contributed by atoms with Gasteiger partial charge >= 0.3 is 6.18 Å². The third-order valence-electron chi connectivity index (χ3n) is 10.1. The smallest absolute Gasteiger partial charge is 0.416 e. The Labute approximate surface area is 244 Å². The van der Waals surface area contributed by atoms with Crippen molar-refractivity contribution < 1.29 is 27.1 Å². The Kier molecular flexibility index (Phi) is 7.31. The molecule has 0 unspecified atom stereocenters. The number of pyridine rings is 1. The van der Waals surface area contributed by atoms with E-state index in [0.717, 1.165) is 71.4 Å². The Morgan fingerprint density at radius 2 is 1.61 bits per heavy atom. The quantitative estimate of drug-likeness (QED) is 0.203. The number of nitrogens with zero attached hydrogens (tertiary/aromatic N) is 1. The Bertz CT molecular complexity index is 1320. The standard InChI is InChI=1S/C33H46F3NO3Si/c1-20(2)28-26-27(25-23(37(28)38)18-31(6,7)19-24(25)40-41(8,9)30(3,4)5)32(16-10-11-17-32)39-29(26)21-12-14-22(15-13-21)33(34,35)36/h12-15,20,24,29H,10-11,16-19H2,1-9H3/t24-,29+/m0/s1. The first kappa shape index (κ1) is 30.6. The van der Waals surface area contributed by atoms with Crippen molar-refractivity contribution in [1.29, 1.82) is 0 Å². The number of hydrogen-bond acceptors (Lipinski definition) is 3. The van der Waals surface area contributed by atoms with Gasteiger partial charge in [0.2, 0.25) is 5.69 Å². The lowest BCUT2D eigenvalue weighted by atomic mass is 9.70. The first-order valence-corrected chi connectivity index (χ1v) is 18.0. The van der Waals surface area contributed by atoms with Gasteiger partial charge in [0.05, 0.1) is 28.4 Å². The summed E-state index contributed by atoms with van der Waals surface area (Å²) in [5, 5.41) is 14.4. The zero-order valence-corrected chi connectivity index (χ0v) is 27.1. The number of rotatable bonds is 4. The number of fused-ring (bicyclic) bond motifs is 4. The molecule has 1 aromatic carbocycles. The predicted molar refractivity (Wildman–Crippen MR) is 157 cm³/mol. The van der Waals surface area contributed by atoms with Crippen LogP contribution in [-0.2, 0) is 27.4 Å². The van der Waals surface area contributed by atoms with Gasteiger partial charge in [-0.2, -0.15) is 17.9 Å². The van der Waals surface area contributed by atoms with E-state index in [9.17, 15) is 18.4 Å². The van der Waals surface area contributed by atoms with E-state index in [1.165, 1.54) is 12.1 Å². The second-order valence-corrected chi connectivity index (χ2v) is 20.0. The van der Waals surface area contributed by atoms with Crippen LogP contribution >= 0.6 is 0 Å². The van der Waals surface area contributed by atoms with Crippen LogP contribution in [0.15, 0.2) is 24.3 Å². The van der Waals surface area contributed by atoms with E-state index < -0.39 is 31.8 Å². The predicted octanol–water partition coefficient (Wildman–Crippen LogP) is 9.39. The van der Waals surface area contributed by atoms with E-state index in [1.54, 1.807) is 0 Å². The highest BCUT2D eigenvalue weighted by Gasteiger charge is 2.56. The SMILES string of the molecule is CC(C)c1c2c(c3c([n+]1[O-])CC(C)(C)C[C@@H]3O[Si](C)(C)C(C)(C)C)C1(CCCC1)O[C@@H]2c1ccc(C(F)(F)F)cc1. The number of ether oxygens (including phenoxy) is 1. The average Bonchev–Trinajstić information content (AvgIpc) is 3.42. The molecule has 0 bridgehead atoms. The summed E-state index contributed by atoms with van der Waals surface area (Å²) in [5.74, 6) is -0.0894. The third kappa shape index (κ3) is 5.16. The van der Waals surface area contributed by atoms with Gasteiger partial charge < -0.3 is 14.4 Å². The first-order chi connectivity index (χ1) is 18.8. The van der Waals surface area contributed by atoms with Crippen LogP contribution in [0.1, 0.15) is 138 Å². The molecule has 8 heteroatoms. The summed E-state index contributed by atoms with van der Waals surface area (Å²) >= 11 is 0. The third-order valence-corrected chi connectivity index (χ3v) is 14.6. The normalized spacial score (nSPS) is 23.7. The molecule has 226 valence electrons. The largest absolute Gasteiger partial charge is 0.618 e. The Balaban J connectivity index is 1.79. The van der Waals surface area contributed by atoms with E-state index >= 15 is 0 Å². The van der Waals surface area contributed by atoms with Crippen LogP contribution < -0.4 is 4.73 Å². The second kappa shape index (κ2) is 9.81. The number of alkyl halides is 3. The monoisotopic (exact) mass is 589 g/mol. The molecule has 4 nitrogen and oxygen atoms in total. The fourth-order valence-electron chi connectivity index (χ4n) is 7.10. The van der Waals surface area contributed by atoms with Gasteiger partial charge in [-0.1, -0.05) is 73.4 Å². The molecule has 2 atom stereocenters. The lowest BCUT2D eigenvalue weighted by Crippen LogP contribution is -2.49. The van der Waals surface area contributed by atoms with Gasteiger partial charge in [0.15, 0.2) is 14.0 Å². The summed E-state index contributed by atoms with van der Waals surface area (Å²) < 4.78 is 55.6. The van der Waals surface area contributed by atoms with Gasteiger partial charge in [0.25, 0.3) is 0 Å². The summed E-state index contributed by atoms with van der Waals surface area (Å²) in [6, 6.07) is 5.30. The van der Waals surface area contributed by atoms with Gasteiger partial charge in [-0.3, -0.25) is 0 Å². The molecule has 41 heavy (non-hydrogen) atoms. The molecule has 1 fully saturated rings. The Morgan fingerprint density at radius 1 is 1.02 bits per heavy atom. The Morgan fingerprint density at radius 3 is 2.12 bits per heavy atom. The van der Waals surface area contributed by atoms with Crippen LogP contribution in [0, 0.1) is 10.6 Å². The summed E-state index contributed by atoms with van der Waals surface area (Å²) in [6.45, 7) is 19.7. The summed E-state index contributed by atoms with van der Waals surface area (Å²) in [4.78, 5) is 0. The molecule has 1 saturated carbocycles. The van der Waals surface area contributed by atoms with E-state index in [-0.39, 0.29) is 22.5 Å². The van der Waals surface area contributed by atoms with Crippen molar-refractivity contribution in [2.75, 3.05) is 0 Å². The van der Waals surface area contributed by atoms with Crippen molar-refractivity contribution in [3.05, 3.63) is 68.7 Å². The maximum absolute atomic E-state index is 14.4. The molecule has 2 heterocycles. The maximum atomic E-state index is 14.4. The van der Waals surface area contributed by atoms with Crippen molar-refractivity contribution >= 4 is 8.32 Å². The molecular formula is C33H46F3NO3Si. The molecule has 0 amide bonds. The summed E-state index contributed by atoms with van der Waals surface area (Å²) in [6.07, 6.45) is -0.110. The Hall–Kier alpha value is -1.90. The van der Waals surface area contributed by atoms with Gasteiger partial charge in [0.1, 0.15) is 6.10 Å². The summed E-state index contributed by atoms with van der Waals surface area (Å²) in [7, 11) is -2.22. The van der Waals surface area contributed by atoms with Gasteiger partial charge in [-0.05, 0) is 60.5 Å². The molecule has 3 aliphatic rings. The molecule has 1 spiro atoms. The number of hydrogen-bond donors (Lipinski definition) is 0. The maximum Gasteiger partial charge on any atom is 0.416 e. The highest BCUT2D eigenvalue weighted by atomic mass is 28.4. The van der Waals surface area contributed by atoms with Crippen LogP contribution in [0.4, 0.5) is 13.2 Å². The second-order valence-electron chi connectivity index (χ2n) is 15.2. The minimum Gasteiger partial charge on any atom is -0.618 e. The van der Waals surface area contributed by atoms with Crippen molar-refractivity contribution in [3.8, 4) is 0 Å². The lowest BCUT2D eigenvalue weighted by Gasteiger charge is -2.45. The van der Waals surface area contributed by atoms with Crippen LogP contribution in [0.5, 0.6) is 0 Å². The van der Waals surface area contributed by atoms with Crippen LogP contribution in [0.3, 0.4) is 0 Å². The molecule has 0 radical (unpaired) electrons. The van der Waals surface area contributed by atoms with Gasteiger partial charge in [0, 0.05) is 17.9 Å². The van der Waals surface area contributed by atoms with Crippen LogP contribution in [-0.4, -0.2) is 8.32 Å². The molecule has 0 N–H and O–H groups in total. The van der Waals surface area contributed by atoms with E-state index in [2.05, 4.69) is 47.7 Å². The van der Waals surface area contributed by atoms with Crippen molar-refractivity contribution in [2.24, 2.45) is 5.41 Å². The topological polar surface area (TPSA) is 45.4 Å². The van der Waals surface area contributed by atoms with Crippen molar-refractivity contribution in [3.63, 3.8) is 0 Å². The van der Waals surface area contributed by atoms with Crippen molar-refractivity contribution in [1.82, 2.24) is 0 Å². The molecule has 1 aliphatic heterocycles. The van der Waals surface area contributed by atoms with Gasteiger partial charge in [-0.25, -0.2) is 0 Å². The molecule has 5 rings (SSSR count). The molecule has 0 saturated heterocycles. The highest BCUT2D eigenvalue weighted by Crippen LogP contribution is 2.60. The molecular weight excluding hydrogens is 543 g/mol. The van der Waals surface area contributed by atoms with E-state index in [0.29, 0.717) is 17.7 Å². The summed E-state index contributed by atoms with van der Waals surface area (Å²) in [5.41, 5.74) is 3.71. The zero-order chi connectivity index (χ0) is 30.3. The van der Waals surface area contributed by atoms with E-state index in [1.807, 2.05) is 13.8 Å². The number of halogens is 3. The minimum atomic E-state index is -4.42. The lowest BCUT2D eigenvalue weighted by molar-refractivity contribution is -0.626. The molecule has 2 aliphatic carbocycles. The van der Waals surface area contributed by atoms with Crippen molar-refractivity contribution in [2.45, 2.75) is 135 Å². The fraction of sp³-hybridized carbons (Fsp3) is 0.667. The van der Waals surface area contributed by atoms with Gasteiger partial charge in [-0.15, -0.1) is 0 Å². The van der Waals surface area contributed by atoms with E-state index in [4.69, 9.17) is 9.16 Å². The average molecular weight is 590 g/mol. The number of benzene rings is 1. The highest BCUT2D eigenvalue weighted by molar-refractivity contribution is 6.74. The fourth-order valence-corrected chi connectivity index (χ4v) is 8.36. The molecule has 2 aromatic rings. The minimum absolute atomic E-state index is 0.00640.